The number of hydrogen-bond donors (Lipinski definition) is 0. The highest BCUT2D eigenvalue weighted by molar-refractivity contribution is 6.02. The van der Waals surface area contributed by atoms with Gasteiger partial charge in [-0.25, -0.2) is 4.98 Å². The maximum Gasteiger partial charge on any atom is 0.220 e. The summed E-state index contributed by atoms with van der Waals surface area (Å²) < 4.78 is 6.43. The number of para-hydroxylation sites is 1. The van der Waals surface area contributed by atoms with E-state index in [0.717, 1.165) is 53.4 Å². The van der Waals surface area contributed by atoms with Crippen molar-refractivity contribution in [3.8, 4) is 23.3 Å². The van der Waals surface area contributed by atoms with E-state index in [1.54, 1.807) is 6.20 Å². The van der Waals surface area contributed by atoms with Crippen LogP contribution in [-0.4, -0.2) is 26.8 Å². The Morgan fingerprint density at radius 1 is 1.15 bits per heavy atom. The SMILES string of the molecule is C[C@H]1C(=O)C(C#N)=C[C@@]2(C)c3nc(-c4ccnc5ccccc45)nc(OC4CCC4)c3CC[C@H]12. The summed E-state index contributed by atoms with van der Waals surface area (Å²) in [6.45, 7) is 4.06. The van der Waals surface area contributed by atoms with E-state index in [1.165, 1.54) is 6.42 Å². The van der Waals surface area contributed by atoms with Crippen LogP contribution in [0.4, 0.5) is 0 Å². The fraction of sp³-hybridized carbons (Fsp3) is 0.393. The third-order valence-corrected chi connectivity index (χ3v) is 8.02. The third kappa shape index (κ3) is 3.07. The summed E-state index contributed by atoms with van der Waals surface area (Å²) in [5.41, 5.74) is 3.39. The molecule has 0 amide bonds. The van der Waals surface area contributed by atoms with Gasteiger partial charge in [-0.05, 0) is 50.2 Å². The van der Waals surface area contributed by atoms with Crippen LogP contribution in [0.2, 0.25) is 0 Å². The Morgan fingerprint density at radius 3 is 2.74 bits per heavy atom. The number of pyridine rings is 1. The standard InChI is InChI=1S/C28H26N4O2/c1-16-22-11-10-21-25(28(22,2)14-17(15-29)24(16)33)31-26(32-27(21)34-18-6-5-7-18)20-12-13-30-23-9-4-3-8-19(20)23/h3-4,8-9,12-14,16,18,22H,5-7,10-11H2,1-2H3/t16-,22-,28-/m1/s1. The molecular formula is C28H26N4O2. The zero-order valence-electron chi connectivity index (χ0n) is 19.4. The summed E-state index contributed by atoms with van der Waals surface area (Å²) in [6.07, 6.45) is 8.68. The second-order valence-electron chi connectivity index (χ2n) is 9.98. The highest BCUT2D eigenvalue weighted by Gasteiger charge is 2.50. The molecule has 1 fully saturated rings. The molecule has 0 bridgehead atoms. The Labute approximate surface area is 198 Å². The average Bonchev–Trinajstić information content (AvgIpc) is 2.83. The van der Waals surface area contributed by atoms with Crippen molar-refractivity contribution in [1.29, 1.82) is 5.26 Å². The zero-order valence-corrected chi connectivity index (χ0v) is 19.4. The van der Waals surface area contributed by atoms with Gasteiger partial charge in [0.05, 0.1) is 16.8 Å². The predicted octanol–water partition coefficient (Wildman–Crippen LogP) is 5.11. The number of nitriles is 1. The van der Waals surface area contributed by atoms with E-state index in [2.05, 4.69) is 18.0 Å². The predicted molar refractivity (Wildman–Crippen MR) is 128 cm³/mol. The van der Waals surface area contributed by atoms with Crippen molar-refractivity contribution < 1.29 is 9.53 Å². The Bertz CT molecular complexity index is 1400. The fourth-order valence-electron chi connectivity index (χ4n) is 5.90. The summed E-state index contributed by atoms with van der Waals surface area (Å²) >= 11 is 0. The van der Waals surface area contributed by atoms with Crippen molar-refractivity contribution in [1.82, 2.24) is 15.0 Å². The fourth-order valence-corrected chi connectivity index (χ4v) is 5.90. The number of benzene rings is 1. The van der Waals surface area contributed by atoms with E-state index in [4.69, 9.17) is 14.7 Å². The van der Waals surface area contributed by atoms with Crippen LogP contribution in [0.3, 0.4) is 0 Å². The topological polar surface area (TPSA) is 88.8 Å². The number of ketones is 1. The summed E-state index contributed by atoms with van der Waals surface area (Å²) in [7, 11) is 0. The molecule has 1 saturated carbocycles. The minimum atomic E-state index is -0.537. The minimum absolute atomic E-state index is 0.0613. The van der Waals surface area contributed by atoms with Crippen LogP contribution < -0.4 is 4.74 Å². The van der Waals surface area contributed by atoms with Crippen LogP contribution >= 0.6 is 0 Å². The molecule has 0 saturated heterocycles. The van der Waals surface area contributed by atoms with Gasteiger partial charge in [0, 0.05) is 34.0 Å². The van der Waals surface area contributed by atoms with Crippen LogP contribution in [-0.2, 0) is 16.6 Å². The molecule has 170 valence electrons. The molecule has 3 aromatic rings. The van der Waals surface area contributed by atoms with E-state index in [-0.39, 0.29) is 29.3 Å². The molecule has 0 radical (unpaired) electrons. The van der Waals surface area contributed by atoms with E-state index >= 15 is 0 Å². The Kier molecular flexibility index (Phi) is 4.77. The second-order valence-corrected chi connectivity index (χ2v) is 9.98. The molecular weight excluding hydrogens is 424 g/mol. The highest BCUT2D eigenvalue weighted by atomic mass is 16.5. The molecule has 1 aromatic carbocycles. The third-order valence-electron chi connectivity index (χ3n) is 8.02. The van der Waals surface area contributed by atoms with Gasteiger partial charge in [-0.15, -0.1) is 0 Å². The molecule has 3 aliphatic carbocycles. The molecule has 0 aliphatic heterocycles. The number of aromatic nitrogens is 3. The molecule has 3 atom stereocenters. The van der Waals surface area contributed by atoms with E-state index < -0.39 is 5.41 Å². The van der Waals surface area contributed by atoms with Gasteiger partial charge in [0.25, 0.3) is 0 Å². The lowest BCUT2D eigenvalue weighted by molar-refractivity contribution is -0.121. The van der Waals surface area contributed by atoms with Gasteiger partial charge in [-0.1, -0.05) is 38.1 Å². The number of allylic oxidation sites excluding steroid dienone is 2. The maximum absolute atomic E-state index is 12.8. The van der Waals surface area contributed by atoms with Crippen LogP contribution in [0.1, 0.15) is 50.8 Å². The molecule has 3 aliphatic rings. The van der Waals surface area contributed by atoms with E-state index in [1.807, 2.05) is 43.3 Å². The van der Waals surface area contributed by atoms with Crippen LogP contribution in [0, 0.1) is 23.2 Å². The average molecular weight is 451 g/mol. The van der Waals surface area contributed by atoms with Crippen molar-refractivity contribution in [3.05, 3.63) is 59.4 Å². The molecule has 0 spiro atoms. The van der Waals surface area contributed by atoms with Gasteiger partial charge in [0.2, 0.25) is 5.88 Å². The first-order chi connectivity index (χ1) is 16.5. The number of Topliss-reactive ketones (excluding diaryl/α,β-unsaturated/α-hetero) is 1. The molecule has 2 heterocycles. The maximum atomic E-state index is 12.8. The van der Waals surface area contributed by atoms with Gasteiger partial charge in [0.15, 0.2) is 11.6 Å². The first-order valence-corrected chi connectivity index (χ1v) is 12.1. The lowest BCUT2D eigenvalue weighted by Crippen LogP contribution is -2.46. The molecule has 6 rings (SSSR count). The highest BCUT2D eigenvalue weighted by Crippen LogP contribution is 2.51. The molecule has 34 heavy (non-hydrogen) atoms. The molecule has 0 unspecified atom stereocenters. The molecule has 0 N–H and O–H groups in total. The molecule has 6 nitrogen and oxygen atoms in total. The summed E-state index contributed by atoms with van der Waals surface area (Å²) in [4.78, 5) is 27.4. The van der Waals surface area contributed by atoms with Gasteiger partial charge in [-0.2, -0.15) is 10.2 Å². The van der Waals surface area contributed by atoms with Crippen LogP contribution in [0.15, 0.2) is 48.2 Å². The van der Waals surface area contributed by atoms with Crippen LogP contribution in [0.25, 0.3) is 22.3 Å². The quantitative estimate of drug-likeness (QED) is 0.551. The molecule has 2 aromatic heterocycles. The van der Waals surface area contributed by atoms with Gasteiger partial charge >= 0.3 is 0 Å². The van der Waals surface area contributed by atoms with Gasteiger partial charge in [-0.3, -0.25) is 9.78 Å². The number of hydrogen-bond acceptors (Lipinski definition) is 6. The summed E-state index contributed by atoms with van der Waals surface area (Å²) in [5, 5.41) is 10.7. The van der Waals surface area contributed by atoms with Crippen molar-refractivity contribution in [2.45, 2.75) is 57.5 Å². The first-order valence-electron chi connectivity index (χ1n) is 12.1. The van der Waals surface area contributed by atoms with Crippen LogP contribution in [0.5, 0.6) is 5.88 Å². The summed E-state index contributed by atoms with van der Waals surface area (Å²) in [6, 6.07) is 12.1. The van der Waals surface area contributed by atoms with Crippen molar-refractivity contribution in [2.75, 3.05) is 0 Å². The minimum Gasteiger partial charge on any atom is -0.474 e. The lowest BCUT2D eigenvalue weighted by Gasteiger charge is -2.45. The first kappa shape index (κ1) is 21.0. The smallest absolute Gasteiger partial charge is 0.220 e. The number of fused-ring (bicyclic) bond motifs is 4. The number of nitrogens with zero attached hydrogens (tertiary/aromatic N) is 4. The second kappa shape index (κ2) is 7.73. The normalized spacial score (nSPS) is 26.1. The number of ether oxygens (including phenoxy) is 1. The Hall–Kier alpha value is -3.59. The zero-order chi connectivity index (χ0) is 23.4. The largest absolute Gasteiger partial charge is 0.474 e. The van der Waals surface area contributed by atoms with Crippen molar-refractivity contribution in [3.63, 3.8) is 0 Å². The Balaban J connectivity index is 1.60. The Morgan fingerprint density at radius 2 is 1.97 bits per heavy atom. The number of carbonyl (C=O) groups excluding carboxylic acids is 1. The summed E-state index contributed by atoms with van der Waals surface area (Å²) in [5.74, 6) is 1.05. The molecule has 6 heteroatoms. The van der Waals surface area contributed by atoms with Crippen molar-refractivity contribution in [2.24, 2.45) is 11.8 Å². The van der Waals surface area contributed by atoms with Gasteiger partial charge in [0.1, 0.15) is 12.2 Å². The lowest BCUT2D eigenvalue weighted by atomic mass is 9.58. The number of carbonyl (C=O) groups is 1. The monoisotopic (exact) mass is 450 g/mol. The van der Waals surface area contributed by atoms with Crippen molar-refractivity contribution >= 4 is 16.7 Å². The number of rotatable bonds is 3. The van der Waals surface area contributed by atoms with E-state index in [0.29, 0.717) is 11.7 Å². The van der Waals surface area contributed by atoms with Gasteiger partial charge < -0.3 is 4.74 Å². The van der Waals surface area contributed by atoms with E-state index in [9.17, 15) is 10.1 Å².